The second-order valence-corrected chi connectivity index (χ2v) is 3.85. The Hall–Kier alpha value is -1.82. The monoisotopic (exact) mass is 192 g/mol. The summed E-state index contributed by atoms with van der Waals surface area (Å²) in [5.74, 6) is 0. The van der Waals surface area contributed by atoms with E-state index < -0.39 is 0 Å². The first kappa shape index (κ1) is 8.49. The number of fused-ring (bicyclic) bond motifs is 1. The molecule has 0 fully saturated rings. The lowest BCUT2D eigenvalue weighted by atomic mass is 9.97. The van der Waals surface area contributed by atoms with Crippen LogP contribution >= 0.6 is 0 Å². The highest BCUT2D eigenvalue weighted by Crippen LogP contribution is 2.33. The minimum atomic E-state index is 1.05. The predicted octanol–water partition coefficient (Wildman–Crippen LogP) is 3.98. The van der Waals surface area contributed by atoms with Crippen LogP contribution < -0.4 is 0 Å². The molecule has 0 N–H and O–H groups in total. The molecule has 0 bridgehead atoms. The maximum absolute atomic E-state index is 2.23. The van der Waals surface area contributed by atoms with Gasteiger partial charge in [-0.15, -0.1) is 0 Å². The van der Waals surface area contributed by atoms with Crippen molar-refractivity contribution in [2.75, 3.05) is 0 Å². The molecule has 0 atom stereocenters. The van der Waals surface area contributed by atoms with Gasteiger partial charge in [-0.1, -0.05) is 60.7 Å². The molecular weight excluding hydrogens is 180 g/mol. The number of rotatable bonds is 0. The molecular formula is C15H12. The van der Waals surface area contributed by atoms with E-state index in [4.69, 9.17) is 0 Å². The van der Waals surface area contributed by atoms with Crippen LogP contribution in [0.3, 0.4) is 0 Å². The van der Waals surface area contributed by atoms with Crippen molar-refractivity contribution in [3.63, 3.8) is 0 Å². The van der Waals surface area contributed by atoms with Crippen molar-refractivity contribution in [3.05, 3.63) is 71.3 Å². The van der Waals surface area contributed by atoms with E-state index in [1.54, 1.807) is 0 Å². The molecule has 2 aliphatic rings. The van der Waals surface area contributed by atoms with Crippen LogP contribution in [0.5, 0.6) is 0 Å². The van der Waals surface area contributed by atoms with E-state index in [1.807, 2.05) is 0 Å². The van der Waals surface area contributed by atoms with Crippen molar-refractivity contribution in [3.8, 4) is 0 Å². The van der Waals surface area contributed by atoms with Crippen molar-refractivity contribution >= 4 is 11.6 Å². The SMILES string of the molecule is C1=CCC(=C2C=Cc3ccccc32)C=C1. The van der Waals surface area contributed by atoms with Crippen LogP contribution in [0.2, 0.25) is 0 Å². The summed E-state index contributed by atoms with van der Waals surface area (Å²) in [5.41, 5.74) is 5.50. The average molecular weight is 192 g/mol. The third kappa shape index (κ3) is 1.39. The molecule has 0 aliphatic heterocycles. The van der Waals surface area contributed by atoms with Gasteiger partial charge in [0.15, 0.2) is 0 Å². The van der Waals surface area contributed by atoms with Gasteiger partial charge in [0.2, 0.25) is 0 Å². The molecule has 0 spiro atoms. The fourth-order valence-electron chi connectivity index (χ4n) is 2.14. The highest BCUT2D eigenvalue weighted by Gasteiger charge is 2.12. The van der Waals surface area contributed by atoms with Gasteiger partial charge in [-0.3, -0.25) is 0 Å². The van der Waals surface area contributed by atoms with Crippen molar-refractivity contribution < 1.29 is 0 Å². The Morgan fingerprint density at radius 1 is 0.867 bits per heavy atom. The van der Waals surface area contributed by atoms with Gasteiger partial charge < -0.3 is 0 Å². The lowest BCUT2D eigenvalue weighted by Crippen LogP contribution is -1.87. The summed E-state index contributed by atoms with van der Waals surface area (Å²) in [6.07, 6.45) is 14.1. The Morgan fingerprint density at radius 2 is 1.80 bits per heavy atom. The molecule has 0 radical (unpaired) electrons. The molecule has 0 saturated heterocycles. The highest BCUT2D eigenvalue weighted by molar-refractivity contribution is 5.92. The molecule has 2 aliphatic carbocycles. The van der Waals surface area contributed by atoms with Gasteiger partial charge in [-0.25, -0.2) is 0 Å². The first-order valence-electron chi connectivity index (χ1n) is 5.29. The standard InChI is InChI=1S/C15H12/c1-2-6-12(7-3-1)15-11-10-13-8-4-5-9-14(13)15/h1-6,8-11H,7H2. The summed E-state index contributed by atoms with van der Waals surface area (Å²) in [6, 6.07) is 8.56. The molecule has 72 valence electrons. The maximum Gasteiger partial charge on any atom is -0.00882 e. The first-order chi connectivity index (χ1) is 7.45. The number of hydrogen-bond acceptors (Lipinski definition) is 0. The maximum atomic E-state index is 2.23. The number of allylic oxidation sites excluding steroid dienone is 7. The van der Waals surface area contributed by atoms with Gasteiger partial charge in [0.05, 0.1) is 0 Å². The molecule has 0 amide bonds. The first-order valence-corrected chi connectivity index (χ1v) is 5.29. The van der Waals surface area contributed by atoms with Gasteiger partial charge in [0.1, 0.15) is 0 Å². The molecule has 0 heterocycles. The Kier molecular flexibility index (Phi) is 1.92. The largest absolute Gasteiger partial charge is 0.0801 e. The minimum absolute atomic E-state index is 1.05. The van der Waals surface area contributed by atoms with E-state index in [2.05, 4.69) is 60.7 Å². The Bertz CT molecular complexity index is 511. The fraction of sp³-hybridized carbons (Fsp3) is 0.0667. The van der Waals surface area contributed by atoms with Gasteiger partial charge in [0, 0.05) is 0 Å². The van der Waals surface area contributed by atoms with E-state index in [0.29, 0.717) is 0 Å². The van der Waals surface area contributed by atoms with Crippen LogP contribution in [0, 0.1) is 0 Å². The number of benzene rings is 1. The van der Waals surface area contributed by atoms with Crippen molar-refractivity contribution in [1.29, 1.82) is 0 Å². The molecule has 0 saturated carbocycles. The minimum Gasteiger partial charge on any atom is -0.0801 e. The summed E-state index contributed by atoms with van der Waals surface area (Å²) in [7, 11) is 0. The van der Waals surface area contributed by atoms with E-state index in [1.165, 1.54) is 22.3 Å². The molecule has 0 heteroatoms. The third-order valence-electron chi connectivity index (χ3n) is 2.91. The van der Waals surface area contributed by atoms with Crippen LogP contribution in [-0.4, -0.2) is 0 Å². The van der Waals surface area contributed by atoms with Gasteiger partial charge >= 0.3 is 0 Å². The number of hydrogen-bond donors (Lipinski definition) is 0. The van der Waals surface area contributed by atoms with E-state index in [-0.39, 0.29) is 0 Å². The van der Waals surface area contributed by atoms with Crippen LogP contribution in [0.4, 0.5) is 0 Å². The van der Waals surface area contributed by atoms with Crippen molar-refractivity contribution in [2.45, 2.75) is 6.42 Å². The van der Waals surface area contributed by atoms with E-state index in [9.17, 15) is 0 Å². The molecule has 0 nitrogen and oxygen atoms in total. The molecule has 1 aromatic carbocycles. The van der Waals surface area contributed by atoms with Crippen molar-refractivity contribution in [2.24, 2.45) is 0 Å². The van der Waals surface area contributed by atoms with E-state index >= 15 is 0 Å². The van der Waals surface area contributed by atoms with Crippen LogP contribution in [0.15, 0.2) is 60.2 Å². The fourth-order valence-corrected chi connectivity index (χ4v) is 2.14. The molecule has 15 heavy (non-hydrogen) atoms. The van der Waals surface area contributed by atoms with E-state index in [0.717, 1.165) is 6.42 Å². The van der Waals surface area contributed by atoms with Gasteiger partial charge in [0.25, 0.3) is 0 Å². The second kappa shape index (κ2) is 3.39. The Balaban J connectivity index is 2.14. The van der Waals surface area contributed by atoms with Crippen LogP contribution in [0.25, 0.3) is 11.6 Å². The Labute approximate surface area is 89.9 Å². The third-order valence-corrected chi connectivity index (χ3v) is 2.91. The average Bonchev–Trinajstić information content (AvgIpc) is 2.74. The predicted molar refractivity (Wildman–Crippen MR) is 65.3 cm³/mol. The summed E-state index contributed by atoms with van der Waals surface area (Å²) in [5, 5.41) is 0. The lowest BCUT2D eigenvalue weighted by Gasteiger charge is -2.08. The summed E-state index contributed by atoms with van der Waals surface area (Å²) in [6.45, 7) is 0. The zero-order valence-corrected chi connectivity index (χ0v) is 8.48. The zero-order chi connectivity index (χ0) is 10.1. The van der Waals surface area contributed by atoms with Crippen LogP contribution in [0.1, 0.15) is 17.5 Å². The summed E-state index contributed by atoms with van der Waals surface area (Å²) in [4.78, 5) is 0. The quantitative estimate of drug-likeness (QED) is 0.583. The molecule has 1 aromatic rings. The van der Waals surface area contributed by atoms with Crippen LogP contribution in [-0.2, 0) is 0 Å². The van der Waals surface area contributed by atoms with Gasteiger partial charge in [-0.2, -0.15) is 0 Å². The molecule has 3 rings (SSSR count). The summed E-state index contributed by atoms with van der Waals surface area (Å²) >= 11 is 0. The normalized spacial score (nSPS) is 22.1. The zero-order valence-electron chi connectivity index (χ0n) is 8.48. The van der Waals surface area contributed by atoms with Crippen molar-refractivity contribution in [1.82, 2.24) is 0 Å². The second-order valence-electron chi connectivity index (χ2n) is 3.85. The topological polar surface area (TPSA) is 0 Å². The molecule has 0 aromatic heterocycles. The smallest absolute Gasteiger partial charge is 0.00882 e. The molecule has 0 unspecified atom stereocenters. The lowest BCUT2D eigenvalue weighted by molar-refractivity contribution is 1.27. The Morgan fingerprint density at radius 3 is 2.67 bits per heavy atom. The highest BCUT2D eigenvalue weighted by atomic mass is 14.2. The summed E-state index contributed by atoms with van der Waals surface area (Å²) < 4.78 is 0. The van der Waals surface area contributed by atoms with Gasteiger partial charge in [-0.05, 0) is 28.7 Å².